The van der Waals surface area contributed by atoms with Gasteiger partial charge >= 0.3 is 6.03 Å². The first-order chi connectivity index (χ1) is 12.0. The molecule has 1 aromatic carbocycles. The third-order valence-corrected chi connectivity index (χ3v) is 5.36. The van der Waals surface area contributed by atoms with Crippen LogP contribution >= 0.6 is 35.3 Å². The average molecular weight is 415 g/mol. The van der Waals surface area contributed by atoms with Gasteiger partial charge in [0.1, 0.15) is 4.88 Å². The normalized spacial score (nSPS) is 16.4. The summed E-state index contributed by atoms with van der Waals surface area (Å²) in [7, 11) is 0. The Balaban J connectivity index is 0.00000243. The highest BCUT2D eigenvalue weighted by Crippen LogP contribution is 2.35. The predicted octanol–water partition coefficient (Wildman–Crippen LogP) is 3.46. The Morgan fingerprint density at radius 1 is 1.31 bits per heavy atom. The first kappa shape index (κ1) is 20.5. The molecule has 6 nitrogen and oxygen atoms in total. The van der Waals surface area contributed by atoms with Gasteiger partial charge in [0.2, 0.25) is 0 Å². The standard InChI is InChI=1S/C17H19ClN4O2S.ClH/c18-11-4-1-3-10(7-11)14-8-13(22-17(19)24)15(25-14)16(23)21-12-5-2-6-20-9-12;/h1,3-4,7-8,12,20H,2,5-6,9H2,(H,21,23)(H3,19,22,24);1H/t12-;/m0./s1. The summed E-state index contributed by atoms with van der Waals surface area (Å²) in [6.45, 7) is 1.72. The third-order valence-electron chi connectivity index (χ3n) is 3.94. The Labute approximate surface area is 166 Å². The van der Waals surface area contributed by atoms with E-state index in [1.807, 2.05) is 18.2 Å². The van der Waals surface area contributed by atoms with Crippen molar-refractivity contribution in [2.75, 3.05) is 18.4 Å². The molecule has 3 amide bonds. The molecule has 1 fully saturated rings. The highest BCUT2D eigenvalue weighted by Gasteiger charge is 2.22. The molecule has 0 saturated carbocycles. The maximum absolute atomic E-state index is 12.7. The predicted molar refractivity (Wildman–Crippen MR) is 109 cm³/mol. The lowest BCUT2D eigenvalue weighted by molar-refractivity contribution is 0.0935. The second-order valence-corrected chi connectivity index (χ2v) is 7.36. The van der Waals surface area contributed by atoms with Crippen LogP contribution in [0.15, 0.2) is 30.3 Å². The van der Waals surface area contributed by atoms with E-state index in [4.69, 9.17) is 17.3 Å². The van der Waals surface area contributed by atoms with Gasteiger partial charge in [0.25, 0.3) is 5.91 Å². The zero-order valence-electron chi connectivity index (χ0n) is 13.9. The van der Waals surface area contributed by atoms with Gasteiger partial charge in [-0.2, -0.15) is 0 Å². The molecular formula is C17H20Cl2N4O2S. The number of rotatable bonds is 4. The molecular weight excluding hydrogens is 395 g/mol. The van der Waals surface area contributed by atoms with Crippen molar-refractivity contribution in [2.45, 2.75) is 18.9 Å². The van der Waals surface area contributed by atoms with E-state index >= 15 is 0 Å². The lowest BCUT2D eigenvalue weighted by Crippen LogP contribution is -2.45. The molecule has 2 aromatic rings. The number of halogens is 2. The van der Waals surface area contributed by atoms with Gasteiger partial charge in [-0.15, -0.1) is 23.7 Å². The number of carbonyl (C=O) groups is 2. The van der Waals surface area contributed by atoms with Gasteiger partial charge in [-0.05, 0) is 43.1 Å². The van der Waals surface area contributed by atoms with Crippen LogP contribution in [0.25, 0.3) is 10.4 Å². The number of nitrogens with two attached hydrogens (primary N) is 1. The van der Waals surface area contributed by atoms with Crippen LogP contribution in [0.3, 0.4) is 0 Å². The van der Waals surface area contributed by atoms with Crippen LogP contribution in [0, 0.1) is 0 Å². The van der Waals surface area contributed by atoms with Gasteiger partial charge in [0.15, 0.2) is 0 Å². The molecule has 1 aliphatic heterocycles. The van der Waals surface area contributed by atoms with E-state index in [0.29, 0.717) is 15.6 Å². The summed E-state index contributed by atoms with van der Waals surface area (Å²) in [5.74, 6) is -0.212. The summed E-state index contributed by atoms with van der Waals surface area (Å²) in [6.07, 6.45) is 1.96. The van der Waals surface area contributed by atoms with Crippen molar-refractivity contribution >= 4 is 53.0 Å². The molecule has 1 aliphatic rings. The molecule has 140 valence electrons. The number of amides is 3. The molecule has 26 heavy (non-hydrogen) atoms. The minimum Gasteiger partial charge on any atom is -0.351 e. The summed E-state index contributed by atoms with van der Waals surface area (Å²) in [5, 5.41) is 9.42. The van der Waals surface area contributed by atoms with Gasteiger partial charge in [0, 0.05) is 22.5 Å². The zero-order valence-corrected chi connectivity index (χ0v) is 16.3. The monoisotopic (exact) mass is 414 g/mol. The topological polar surface area (TPSA) is 96.2 Å². The summed E-state index contributed by atoms with van der Waals surface area (Å²) in [6, 6.07) is 8.46. The van der Waals surface area contributed by atoms with E-state index in [0.717, 1.165) is 36.4 Å². The Bertz CT molecular complexity index is 791. The van der Waals surface area contributed by atoms with Crippen molar-refractivity contribution in [2.24, 2.45) is 5.73 Å². The van der Waals surface area contributed by atoms with Crippen molar-refractivity contribution in [1.29, 1.82) is 0 Å². The molecule has 1 atom stereocenters. The highest BCUT2D eigenvalue weighted by molar-refractivity contribution is 7.18. The lowest BCUT2D eigenvalue weighted by Gasteiger charge is -2.23. The summed E-state index contributed by atoms with van der Waals surface area (Å²) in [5.41, 5.74) is 6.53. The Kier molecular flexibility index (Phi) is 7.28. The number of hydrogen-bond acceptors (Lipinski definition) is 4. The van der Waals surface area contributed by atoms with Crippen molar-refractivity contribution in [3.8, 4) is 10.4 Å². The number of thiophene rings is 1. The molecule has 0 unspecified atom stereocenters. The van der Waals surface area contributed by atoms with Gasteiger partial charge in [-0.25, -0.2) is 4.79 Å². The number of piperidine rings is 1. The maximum atomic E-state index is 12.7. The quantitative estimate of drug-likeness (QED) is 0.616. The number of anilines is 1. The summed E-state index contributed by atoms with van der Waals surface area (Å²) < 4.78 is 0. The molecule has 1 aromatic heterocycles. The molecule has 5 N–H and O–H groups in total. The van der Waals surface area contributed by atoms with Crippen molar-refractivity contribution in [1.82, 2.24) is 10.6 Å². The van der Waals surface area contributed by atoms with E-state index in [9.17, 15) is 9.59 Å². The molecule has 3 rings (SSSR count). The SMILES string of the molecule is Cl.NC(=O)Nc1cc(-c2cccc(Cl)c2)sc1C(=O)N[C@H]1CCCNC1. The van der Waals surface area contributed by atoms with Crippen molar-refractivity contribution in [3.05, 3.63) is 40.2 Å². The first-order valence-corrected chi connectivity index (χ1v) is 9.20. The van der Waals surface area contributed by atoms with Crippen LogP contribution < -0.4 is 21.7 Å². The van der Waals surface area contributed by atoms with Crippen molar-refractivity contribution < 1.29 is 9.59 Å². The minimum absolute atomic E-state index is 0. The first-order valence-electron chi connectivity index (χ1n) is 8.01. The largest absolute Gasteiger partial charge is 0.351 e. The van der Waals surface area contributed by atoms with Crippen LogP contribution in [0.4, 0.5) is 10.5 Å². The number of primary amides is 1. The smallest absolute Gasteiger partial charge is 0.316 e. The molecule has 9 heteroatoms. The molecule has 2 heterocycles. The van der Waals surface area contributed by atoms with E-state index < -0.39 is 6.03 Å². The Morgan fingerprint density at radius 2 is 2.12 bits per heavy atom. The fraction of sp³-hybridized carbons (Fsp3) is 0.294. The number of nitrogens with one attached hydrogen (secondary N) is 3. The van der Waals surface area contributed by atoms with Crippen LogP contribution in [0.1, 0.15) is 22.5 Å². The van der Waals surface area contributed by atoms with E-state index in [2.05, 4.69) is 16.0 Å². The highest BCUT2D eigenvalue weighted by atomic mass is 35.5. The number of carbonyl (C=O) groups excluding carboxylic acids is 2. The molecule has 0 aliphatic carbocycles. The molecule has 1 saturated heterocycles. The number of hydrogen-bond donors (Lipinski definition) is 4. The van der Waals surface area contributed by atoms with Gasteiger partial charge < -0.3 is 21.7 Å². The Hall–Kier alpha value is -1.80. The van der Waals surface area contributed by atoms with E-state index in [-0.39, 0.29) is 24.4 Å². The maximum Gasteiger partial charge on any atom is 0.316 e. The van der Waals surface area contributed by atoms with Gasteiger partial charge in [-0.3, -0.25) is 4.79 Å². The van der Waals surface area contributed by atoms with Gasteiger partial charge in [-0.1, -0.05) is 23.7 Å². The minimum atomic E-state index is -0.705. The lowest BCUT2D eigenvalue weighted by atomic mass is 10.1. The third kappa shape index (κ3) is 5.11. The van der Waals surface area contributed by atoms with Crippen LogP contribution in [0.2, 0.25) is 5.02 Å². The fourth-order valence-corrected chi connectivity index (χ4v) is 4.00. The number of benzene rings is 1. The van der Waals surface area contributed by atoms with Crippen LogP contribution in [-0.2, 0) is 0 Å². The second-order valence-electron chi connectivity index (χ2n) is 5.87. The summed E-state index contributed by atoms with van der Waals surface area (Å²) in [4.78, 5) is 25.2. The Morgan fingerprint density at radius 3 is 2.77 bits per heavy atom. The summed E-state index contributed by atoms with van der Waals surface area (Å²) >= 11 is 7.34. The number of urea groups is 1. The van der Waals surface area contributed by atoms with Gasteiger partial charge in [0.05, 0.1) is 5.69 Å². The fourth-order valence-electron chi connectivity index (χ4n) is 2.80. The van der Waals surface area contributed by atoms with Crippen molar-refractivity contribution in [3.63, 3.8) is 0 Å². The molecule has 0 bridgehead atoms. The van der Waals surface area contributed by atoms with E-state index in [1.54, 1.807) is 12.1 Å². The molecule has 0 radical (unpaired) electrons. The molecule has 0 spiro atoms. The second kappa shape index (κ2) is 9.23. The van der Waals surface area contributed by atoms with E-state index in [1.165, 1.54) is 11.3 Å². The zero-order chi connectivity index (χ0) is 17.8. The average Bonchev–Trinajstić information content (AvgIpc) is 2.99. The van der Waals surface area contributed by atoms with Crippen LogP contribution in [0.5, 0.6) is 0 Å². The van der Waals surface area contributed by atoms with Crippen LogP contribution in [-0.4, -0.2) is 31.1 Å².